The summed E-state index contributed by atoms with van der Waals surface area (Å²) in [5.74, 6) is -1.06. The summed E-state index contributed by atoms with van der Waals surface area (Å²) < 4.78 is 17.6. The maximum absolute atomic E-state index is 12.2. The molecule has 0 aromatic rings. The van der Waals surface area contributed by atoms with E-state index in [1.165, 1.54) is 25.3 Å². The van der Waals surface area contributed by atoms with Crippen LogP contribution in [0.1, 0.15) is 72.1 Å². The van der Waals surface area contributed by atoms with Crippen molar-refractivity contribution in [3.8, 4) is 0 Å². The second-order valence-electron chi connectivity index (χ2n) is 7.37. The fourth-order valence-electron chi connectivity index (χ4n) is 3.14. The van der Waals surface area contributed by atoms with Crippen LogP contribution in [0.4, 0.5) is 0 Å². The lowest BCUT2D eigenvalue weighted by atomic mass is 10.0. The van der Waals surface area contributed by atoms with E-state index in [1.54, 1.807) is 6.08 Å². The molecule has 0 aliphatic carbocycles. The topological polar surface area (TPSA) is 65.0 Å². The molecule has 1 fully saturated rings. The van der Waals surface area contributed by atoms with Gasteiger partial charge in [-0.3, -0.25) is 4.79 Å². The maximum atomic E-state index is 12.2. The van der Waals surface area contributed by atoms with Crippen molar-refractivity contribution >= 4 is 5.97 Å². The highest BCUT2D eigenvalue weighted by Crippen LogP contribution is 2.33. The van der Waals surface area contributed by atoms with Crippen molar-refractivity contribution < 1.29 is 24.1 Å². The van der Waals surface area contributed by atoms with E-state index in [4.69, 9.17) is 14.2 Å². The van der Waals surface area contributed by atoms with E-state index in [9.17, 15) is 9.90 Å². The van der Waals surface area contributed by atoms with Crippen molar-refractivity contribution in [1.82, 2.24) is 0 Å². The standard InChI is InChI=1S/C21H36O5/c1-6-9-10-11-12-13-18(24-19(23)15-14-16(22)7-2)20-17(8-3)25-21(4,5)26-20/h7-8,16-18,20,22H,2-3,6,9-15H2,1,4-5H3/t16-,17+,18-,20+/m1/s1. The molecule has 0 spiro atoms. The number of carbonyl (C=O) groups is 1. The second kappa shape index (κ2) is 11.5. The summed E-state index contributed by atoms with van der Waals surface area (Å²) in [6, 6.07) is 0. The fourth-order valence-corrected chi connectivity index (χ4v) is 3.14. The summed E-state index contributed by atoms with van der Waals surface area (Å²) in [6.45, 7) is 13.2. The third-order valence-electron chi connectivity index (χ3n) is 4.55. The van der Waals surface area contributed by atoms with Gasteiger partial charge in [-0.25, -0.2) is 0 Å². The Labute approximate surface area is 158 Å². The van der Waals surface area contributed by atoms with E-state index >= 15 is 0 Å². The van der Waals surface area contributed by atoms with Crippen LogP contribution >= 0.6 is 0 Å². The highest BCUT2D eigenvalue weighted by molar-refractivity contribution is 5.69. The predicted octanol–water partition coefficient (Wildman–Crippen LogP) is 4.29. The molecular weight excluding hydrogens is 332 g/mol. The number of hydrogen-bond acceptors (Lipinski definition) is 5. The molecule has 26 heavy (non-hydrogen) atoms. The normalized spacial score (nSPS) is 24.0. The Bertz CT molecular complexity index is 446. The first-order valence-corrected chi connectivity index (χ1v) is 9.81. The van der Waals surface area contributed by atoms with Crippen LogP contribution in [0.5, 0.6) is 0 Å². The summed E-state index contributed by atoms with van der Waals surface area (Å²) in [6.07, 6.45) is 8.24. The number of esters is 1. The van der Waals surface area contributed by atoms with E-state index in [0.717, 1.165) is 19.3 Å². The largest absolute Gasteiger partial charge is 0.459 e. The van der Waals surface area contributed by atoms with Crippen molar-refractivity contribution in [2.24, 2.45) is 0 Å². The van der Waals surface area contributed by atoms with Crippen LogP contribution in [0.25, 0.3) is 0 Å². The molecule has 1 aliphatic heterocycles. The summed E-state index contributed by atoms with van der Waals surface area (Å²) in [7, 11) is 0. The van der Waals surface area contributed by atoms with Gasteiger partial charge in [0.05, 0.1) is 6.10 Å². The molecule has 0 aromatic carbocycles. The Balaban J connectivity index is 2.67. The molecule has 150 valence electrons. The van der Waals surface area contributed by atoms with Crippen molar-refractivity contribution in [2.45, 2.75) is 102 Å². The Kier molecular flexibility index (Phi) is 10.1. The van der Waals surface area contributed by atoms with Crippen LogP contribution in [0.2, 0.25) is 0 Å². The molecule has 0 radical (unpaired) electrons. The number of rotatable bonds is 13. The predicted molar refractivity (Wildman–Crippen MR) is 103 cm³/mol. The van der Waals surface area contributed by atoms with Crippen LogP contribution < -0.4 is 0 Å². The smallest absolute Gasteiger partial charge is 0.306 e. The molecular formula is C21H36O5. The first-order chi connectivity index (χ1) is 12.3. The third-order valence-corrected chi connectivity index (χ3v) is 4.55. The zero-order valence-electron chi connectivity index (χ0n) is 16.6. The molecule has 5 heteroatoms. The Morgan fingerprint density at radius 2 is 1.88 bits per heavy atom. The first-order valence-electron chi connectivity index (χ1n) is 9.81. The number of ether oxygens (including phenoxy) is 3. The van der Waals surface area contributed by atoms with E-state index < -0.39 is 11.9 Å². The molecule has 1 rings (SSSR count). The summed E-state index contributed by atoms with van der Waals surface area (Å²) in [4.78, 5) is 12.2. The highest BCUT2D eigenvalue weighted by Gasteiger charge is 2.45. The van der Waals surface area contributed by atoms with Crippen LogP contribution in [0.3, 0.4) is 0 Å². The Hall–Kier alpha value is -1.17. The van der Waals surface area contributed by atoms with Gasteiger partial charge in [0.2, 0.25) is 0 Å². The van der Waals surface area contributed by atoms with Gasteiger partial charge in [0.1, 0.15) is 18.3 Å². The fraction of sp³-hybridized carbons (Fsp3) is 0.762. The van der Waals surface area contributed by atoms with Gasteiger partial charge in [-0.2, -0.15) is 0 Å². The van der Waals surface area contributed by atoms with Gasteiger partial charge in [-0.05, 0) is 33.1 Å². The van der Waals surface area contributed by atoms with Crippen molar-refractivity contribution in [1.29, 1.82) is 0 Å². The SMILES string of the molecule is C=C[C@@H](O)CCC(=O)O[C@H](CCCCCCC)[C@H]1OC(C)(C)O[C@H]1C=C. The van der Waals surface area contributed by atoms with E-state index in [0.29, 0.717) is 6.42 Å². The Morgan fingerprint density at radius 3 is 2.50 bits per heavy atom. The van der Waals surface area contributed by atoms with Gasteiger partial charge < -0.3 is 19.3 Å². The van der Waals surface area contributed by atoms with Crippen molar-refractivity contribution in [3.05, 3.63) is 25.3 Å². The third kappa shape index (κ3) is 8.02. The number of hydrogen-bond donors (Lipinski definition) is 1. The van der Waals surface area contributed by atoms with Gasteiger partial charge in [-0.1, -0.05) is 44.8 Å². The van der Waals surface area contributed by atoms with Gasteiger partial charge >= 0.3 is 5.97 Å². The molecule has 0 amide bonds. The van der Waals surface area contributed by atoms with Crippen molar-refractivity contribution in [3.63, 3.8) is 0 Å². The molecule has 1 saturated heterocycles. The first kappa shape index (κ1) is 22.9. The number of carbonyl (C=O) groups excluding carboxylic acids is 1. The van der Waals surface area contributed by atoms with Crippen molar-refractivity contribution in [2.75, 3.05) is 0 Å². The molecule has 0 saturated carbocycles. The van der Waals surface area contributed by atoms with E-state index in [1.807, 2.05) is 13.8 Å². The monoisotopic (exact) mass is 368 g/mol. The molecule has 0 bridgehead atoms. The lowest BCUT2D eigenvalue weighted by Crippen LogP contribution is -2.38. The maximum Gasteiger partial charge on any atom is 0.306 e. The molecule has 0 aromatic heterocycles. The lowest BCUT2D eigenvalue weighted by Gasteiger charge is -2.26. The minimum absolute atomic E-state index is 0.148. The lowest BCUT2D eigenvalue weighted by molar-refractivity contribution is -0.172. The molecule has 0 unspecified atom stereocenters. The minimum Gasteiger partial charge on any atom is -0.459 e. The van der Waals surface area contributed by atoms with Crippen LogP contribution in [0.15, 0.2) is 25.3 Å². The number of unbranched alkanes of at least 4 members (excludes halogenated alkanes) is 4. The molecule has 1 heterocycles. The zero-order valence-corrected chi connectivity index (χ0v) is 16.6. The average molecular weight is 369 g/mol. The van der Waals surface area contributed by atoms with Crippen LogP contribution in [0, 0.1) is 0 Å². The zero-order chi connectivity index (χ0) is 19.6. The summed E-state index contributed by atoms with van der Waals surface area (Å²) >= 11 is 0. The van der Waals surface area contributed by atoms with Gasteiger partial charge in [0.25, 0.3) is 0 Å². The average Bonchev–Trinajstić information content (AvgIpc) is 2.93. The Morgan fingerprint density at radius 1 is 1.19 bits per heavy atom. The number of aliphatic hydroxyl groups is 1. The van der Waals surface area contributed by atoms with E-state index in [-0.39, 0.29) is 30.7 Å². The molecule has 4 atom stereocenters. The second-order valence-corrected chi connectivity index (χ2v) is 7.37. The van der Waals surface area contributed by atoms with Gasteiger partial charge in [0.15, 0.2) is 5.79 Å². The molecule has 1 aliphatic rings. The summed E-state index contributed by atoms with van der Waals surface area (Å²) in [5.41, 5.74) is 0. The quantitative estimate of drug-likeness (QED) is 0.298. The highest BCUT2D eigenvalue weighted by atomic mass is 16.8. The molecule has 5 nitrogen and oxygen atoms in total. The number of aliphatic hydroxyl groups excluding tert-OH is 1. The summed E-state index contributed by atoms with van der Waals surface area (Å²) in [5, 5.41) is 9.54. The molecule has 1 N–H and O–H groups in total. The minimum atomic E-state index is -0.727. The van der Waals surface area contributed by atoms with Gasteiger partial charge in [0, 0.05) is 6.42 Å². The van der Waals surface area contributed by atoms with Gasteiger partial charge in [-0.15, -0.1) is 13.2 Å². The van der Waals surface area contributed by atoms with Crippen LogP contribution in [-0.4, -0.2) is 41.3 Å². The van der Waals surface area contributed by atoms with E-state index in [2.05, 4.69) is 20.1 Å². The van der Waals surface area contributed by atoms with Crippen LogP contribution in [-0.2, 0) is 19.0 Å².